The van der Waals surface area contributed by atoms with Crippen LogP contribution in [-0.2, 0) is 11.5 Å². The first-order chi connectivity index (χ1) is 14.7. The number of para-hydroxylation sites is 1. The fourth-order valence-electron chi connectivity index (χ4n) is 5.56. The highest BCUT2D eigenvalue weighted by Crippen LogP contribution is 2.49. The zero-order chi connectivity index (χ0) is 20.5. The zero-order valence-corrected chi connectivity index (χ0v) is 18.3. The molecule has 0 radical (unpaired) electrons. The van der Waals surface area contributed by atoms with Gasteiger partial charge >= 0.3 is 0 Å². The lowest BCUT2D eigenvalue weighted by molar-refractivity contribution is 0.0888. The summed E-state index contributed by atoms with van der Waals surface area (Å²) in [6.07, 6.45) is 5.35. The second-order valence-electron chi connectivity index (χ2n) is 8.99. The van der Waals surface area contributed by atoms with Crippen LogP contribution in [0, 0.1) is 17.8 Å². The van der Waals surface area contributed by atoms with Gasteiger partial charge in [0.1, 0.15) is 5.58 Å². The molecular weight excluding hydrogens is 390 g/mol. The minimum Gasteiger partial charge on any atom is -0.451 e. The molecular formula is C26H29NO2S. The zero-order valence-electron chi connectivity index (χ0n) is 17.5. The fourth-order valence-corrected chi connectivity index (χ4v) is 6.58. The van der Waals surface area contributed by atoms with E-state index in [2.05, 4.69) is 42.6 Å². The van der Waals surface area contributed by atoms with E-state index in [1.54, 1.807) is 0 Å². The van der Waals surface area contributed by atoms with Gasteiger partial charge in [0.25, 0.3) is 5.91 Å². The van der Waals surface area contributed by atoms with Gasteiger partial charge in [-0.15, -0.1) is 0 Å². The van der Waals surface area contributed by atoms with E-state index in [1.807, 2.05) is 36.0 Å². The van der Waals surface area contributed by atoms with Gasteiger partial charge in [0.05, 0.1) is 0 Å². The highest BCUT2D eigenvalue weighted by molar-refractivity contribution is 7.97. The monoisotopic (exact) mass is 419 g/mol. The molecule has 30 heavy (non-hydrogen) atoms. The number of nitrogens with one attached hydrogen (secondary N) is 1. The van der Waals surface area contributed by atoms with Crippen molar-refractivity contribution in [3.05, 3.63) is 71.5 Å². The maximum Gasteiger partial charge on any atom is 0.287 e. The molecule has 1 heterocycles. The van der Waals surface area contributed by atoms with Crippen molar-refractivity contribution in [2.24, 2.45) is 17.8 Å². The summed E-state index contributed by atoms with van der Waals surface area (Å²) in [5, 5.41) is 4.34. The first-order valence-corrected chi connectivity index (χ1v) is 12.3. The summed E-state index contributed by atoms with van der Waals surface area (Å²) < 4.78 is 6.06. The molecule has 0 aliphatic heterocycles. The first kappa shape index (κ1) is 19.7. The number of benzene rings is 2. The van der Waals surface area contributed by atoms with E-state index in [-0.39, 0.29) is 11.9 Å². The Labute approximate surface area is 182 Å². The van der Waals surface area contributed by atoms with Crippen LogP contribution in [-0.4, -0.2) is 11.9 Å². The number of carbonyl (C=O) groups excluding carboxylic acids is 1. The molecule has 4 atom stereocenters. The predicted molar refractivity (Wildman–Crippen MR) is 124 cm³/mol. The SMILES string of the molecule is C[C@H](NC(=O)c1oc2ccccc2c1CSCc1ccccc1)[C@@H]1C[C@H]2CC[C@H]1C2. The van der Waals surface area contributed by atoms with E-state index >= 15 is 0 Å². The Balaban J connectivity index is 1.32. The Bertz CT molecular complexity index is 1030. The van der Waals surface area contributed by atoms with Crippen LogP contribution in [0.1, 0.15) is 54.3 Å². The van der Waals surface area contributed by atoms with Gasteiger partial charge < -0.3 is 9.73 Å². The average Bonchev–Trinajstić information content (AvgIpc) is 3.49. The summed E-state index contributed by atoms with van der Waals surface area (Å²) in [4.78, 5) is 13.2. The normalized spacial score (nSPS) is 23.7. The number of furan rings is 1. The summed E-state index contributed by atoms with van der Waals surface area (Å²) in [6, 6.07) is 18.7. The van der Waals surface area contributed by atoms with Gasteiger partial charge in [-0.25, -0.2) is 0 Å². The summed E-state index contributed by atoms with van der Waals surface area (Å²) in [5.74, 6) is 4.41. The van der Waals surface area contributed by atoms with E-state index in [0.717, 1.165) is 39.9 Å². The lowest BCUT2D eigenvalue weighted by Crippen LogP contribution is -2.40. The fraction of sp³-hybridized carbons (Fsp3) is 0.423. The summed E-state index contributed by atoms with van der Waals surface area (Å²) in [7, 11) is 0. The molecule has 0 spiro atoms. The van der Waals surface area contributed by atoms with Crippen molar-refractivity contribution in [2.75, 3.05) is 0 Å². The van der Waals surface area contributed by atoms with Crippen molar-refractivity contribution >= 4 is 28.6 Å². The van der Waals surface area contributed by atoms with E-state index < -0.39 is 0 Å². The Morgan fingerprint density at radius 3 is 2.63 bits per heavy atom. The van der Waals surface area contributed by atoms with Crippen molar-refractivity contribution in [3.63, 3.8) is 0 Å². The molecule has 0 unspecified atom stereocenters. The van der Waals surface area contributed by atoms with E-state index in [4.69, 9.17) is 4.42 Å². The second-order valence-corrected chi connectivity index (χ2v) is 9.97. The second kappa shape index (κ2) is 8.50. The smallest absolute Gasteiger partial charge is 0.287 e. The molecule has 2 fully saturated rings. The van der Waals surface area contributed by atoms with Crippen molar-refractivity contribution in [1.29, 1.82) is 0 Å². The molecule has 1 amide bonds. The molecule has 2 bridgehead atoms. The predicted octanol–water partition coefficient (Wildman–Crippen LogP) is 6.42. The van der Waals surface area contributed by atoms with Crippen molar-refractivity contribution in [1.82, 2.24) is 5.32 Å². The van der Waals surface area contributed by atoms with E-state index in [1.165, 1.54) is 31.2 Å². The lowest BCUT2D eigenvalue weighted by Gasteiger charge is -2.28. The van der Waals surface area contributed by atoms with Crippen LogP contribution in [0.2, 0.25) is 0 Å². The van der Waals surface area contributed by atoms with Crippen LogP contribution in [0.5, 0.6) is 0 Å². The van der Waals surface area contributed by atoms with Gasteiger partial charge in [-0.05, 0) is 55.6 Å². The Morgan fingerprint density at radius 2 is 1.87 bits per heavy atom. The Kier molecular flexibility index (Phi) is 5.60. The topological polar surface area (TPSA) is 42.2 Å². The maximum atomic E-state index is 13.2. The Hall–Kier alpha value is -2.20. The molecule has 2 aliphatic rings. The van der Waals surface area contributed by atoms with Crippen LogP contribution in [0.4, 0.5) is 0 Å². The number of rotatable bonds is 7. The van der Waals surface area contributed by atoms with Gasteiger partial charge in [-0.1, -0.05) is 55.0 Å². The van der Waals surface area contributed by atoms with Gasteiger partial charge in [-0.2, -0.15) is 11.8 Å². The molecule has 2 saturated carbocycles. The number of fused-ring (bicyclic) bond motifs is 3. The summed E-state index contributed by atoms with van der Waals surface area (Å²) in [5.41, 5.74) is 3.11. The molecule has 0 saturated heterocycles. The molecule has 3 nitrogen and oxygen atoms in total. The number of carbonyl (C=O) groups is 1. The van der Waals surface area contributed by atoms with Crippen molar-refractivity contribution < 1.29 is 9.21 Å². The molecule has 3 aromatic rings. The number of hydrogen-bond acceptors (Lipinski definition) is 3. The molecule has 1 aromatic heterocycles. The van der Waals surface area contributed by atoms with Crippen molar-refractivity contribution in [2.45, 2.75) is 50.2 Å². The van der Waals surface area contributed by atoms with Gasteiger partial charge in [0.2, 0.25) is 0 Å². The third-order valence-corrected chi connectivity index (χ3v) is 8.09. The van der Waals surface area contributed by atoms with Crippen LogP contribution < -0.4 is 5.32 Å². The van der Waals surface area contributed by atoms with E-state index in [0.29, 0.717) is 11.7 Å². The van der Waals surface area contributed by atoms with Gasteiger partial charge in [0.15, 0.2) is 5.76 Å². The van der Waals surface area contributed by atoms with Crippen LogP contribution >= 0.6 is 11.8 Å². The highest BCUT2D eigenvalue weighted by Gasteiger charge is 2.42. The number of thioether (sulfide) groups is 1. The molecule has 4 heteroatoms. The molecule has 2 aromatic carbocycles. The average molecular weight is 420 g/mol. The van der Waals surface area contributed by atoms with Gasteiger partial charge in [0, 0.05) is 28.5 Å². The maximum absolute atomic E-state index is 13.2. The first-order valence-electron chi connectivity index (χ1n) is 11.1. The minimum absolute atomic E-state index is 0.0585. The lowest BCUT2D eigenvalue weighted by atomic mass is 9.84. The quantitative estimate of drug-likeness (QED) is 0.480. The summed E-state index contributed by atoms with van der Waals surface area (Å²) in [6.45, 7) is 2.18. The highest BCUT2D eigenvalue weighted by atomic mass is 32.2. The van der Waals surface area contributed by atoms with Crippen LogP contribution in [0.15, 0.2) is 59.0 Å². The molecule has 156 valence electrons. The molecule has 1 N–H and O–H groups in total. The van der Waals surface area contributed by atoms with Crippen molar-refractivity contribution in [3.8, 4) is 0 Å². The summed E-state index contributed by atoms with van der Waals surface area (Å²) >= 11 is 1.82. The van der Waals surface area contributed by atoms with E-state index in [9.17, 15) is 4.79 Å². The molecule has 2 aliphatic carbocycles. The van der Waals surface area contributed by atoms with Crippen LogP contribution in [0.25, 0.3) is 11.0 Å². The third-order valence-electron chi connectivity index (χ3n) is 7.06. The number of hydrogen-bond donors (Lipinski definition) is 1. The largest absolute Gasteiger partial charge is 0.451 e. The van der Waals surface area contributed by atoms with Crippen LogP contribution in [0.3, 0.4) is 0 Å². The minimum atomic E-state index is -0.0585. The number of amides is 1. The molecule has 5 rings (SSSR count). The van der Waals surface area contributed by atoms with Gasteiger partial charge in [-0.3, -0.25) is 4.79 Å². The third kappa shape index (κ3) is 3.90. The Morgan fingerprint density at radius 1 is 1.07 bits per heavy atom. The standard InChI is InChI=1S/C26H29NO2S/c1-17(22-14-19-11-12-20(22)13-19)27-26(28)25-23(21-9-5-6-10-24(21)29-25)16-30-15-18-7-3-2-4-8-18/h2-10,17,19-20,22H,11-16H2,1H3,(H,27,28)/t17-,19-,20-,22-/m0/s1.